The third kappa shape index (κ3) is 4.51. The predicted molar refractivity (Wildman–Crippen MR) is 118 cm³/mol. The summed E-state index contributed by atoms with van der Waals surface area (Å²) in [6.07, 6.45) is 0. The second-order valence-electron chi connectivity index (χ2n) is 6.95. The van der Waals surface area contributed by atoms with Crippen molar-refractivity contribution in [3.63, 3.8) is 0 Å². The quantitative estimate of drug-likeness (QED) is 0.324. The average Bonchev–Trinajstić information content (AvgIpc) is 3.39. The van der Waals surface area contributed by atoms with Crippen LogP contribution in [-0.2, 0) is 12.4 Å². The largest absolute Gasteiger partial charge is 0.496 e. The molecule has 4 rings (SSSR count). The lowest BCUT2D eigenvalue weighted by atomic mass is 10.1. The van der Waals surface area contributed by atoms with Gasteiger partial charge in [-0.05, 0) is 37.1 Å². The van der Waals surface area contributed by atoms with Crippen LogP contribution in [-0.4, -0.2) is 27.1 Å². The molecule has 0 saturated heterocycles. The van der Waals surface area contributed by atoms with Crippen molar-refractivity contribution in [2.75, 3.05) is 13.0 Å². The van der Waals surface area contributed by atoms with Gasteiger partial charge in [-0.15, -0.1) is 10.2 Å². The van der Waals surface area contributed by atoms with E-state index in [4.69, 9.17) is 19.8 Å². The second-order valence-corrected chi connectivity index (χ2v) is 7.89. The van der Waals surface area contributed by atoms with Crippen LogP contribution in [0.5, 0.6) is 11.5 Å². The first kappa shape index (κ1) is 20.8. The molecular weight excluding hydrogens is 414 g/mol. The summed E-state index contributed by atoms with van der Waals surface area (Å²) in [5, 5.41) is 13.0. The first-order valence-corrected chi connectivity index (χ1v) is 10.7. The van der Waals surface area contributed by atoms with Gasteiger partial charge < -0.3 is 19.8 Å². The van der Waals surface area contributed by atoms with Gasteiger partial charge in [-0.3, -0.25) is 0 Å². The first-order valence-electron chi connectivity index (χ1n) is 9.67. The van der Waals surface area contributed by atoms with E-state index < -0.39 is 0 Å². The summed E-state index contributed by atoms with van der Waals surface area (Å²) in [6.45, 7) is 4.25. The maximum Gasteiger partial charge on any atom is 0.210 e. The standard InChI is InChI=1S/C22H23N5O3S/c1-14-7-6-8-15(2)21(14)29-12-20-24-25-22(27(20)23)31-13-16-11-18(26-30-16)17-9-4-5-10-19(17)28-3/h4-11H,12-13,23H2,1-3H3. The smallest absolute Gasteiger partial charge is 0.210 e. The summed E-state index contributed by atoms with van der Waals surface area (Å²) < 4.78 is 18.2. The number of nitrogen functional groups attached to an aromatic ring is 1. The van der Waals surface area contributed by atoms with Crippen LogP contribution in [0.2, 0.25) is 0 Å². The van der Waals surface area contributed by atoms with Crippen LogP contribution in [0.25, 0.3) is 11.3 Å². The van der Waals surface area contributed by atoms with Gasteiger partial charge in [0.1, 0.15) is 29.6 Å². The van der Waals surface area contributed by atoms with Crippen LogP contribution in [0.15, 0.2) is 58.2 Å². The molecule has 0 bridgehead atoms. The van der Waals surface area contributed by atoms with Crippen molar-refractivity contribution in [2.24, 2.45) is 0 Å². The minimum Gasteiger partial charge on any atom is -0.496 e. The van der Waals surface area contributed by atoms with Gasteiger partial charge in [-0.1, -0.05) is 47.3 Å². The van der Waals surface area contributed by atoms with Crippen molar-refractivity contribution < 1.29 is 14.0 Å². The van der Waals surface area contributed by atoms with Gasteiger partial charge in [0.15, 0.2) is 5.82 Å². The van der Waals surface area contributed by atoms with Crippen LogP contribution in [0, 0.1) is 13.8 Å². The highest BCUT2D eigenvalue weighted by Gasteiger charge is 2.15. The Bertz CT molecular complexity index is 1170. The van der Waals surface area contributed by atoms with Gasteiger partial charge in [-0.2, -0.15) is 0 Å². The molecule has 31 heavy (non-hydrogen) atoms. The van der Waals surface area contributed by atoms with Crippen LogP contribution in [0.4, 0.5) is 0 Å². The van der Waals surface area contributed by atoms with Crippen molar-refractivity contribution in [1.82, 2.24) is 20.0 Å². The van der Waals surface area contributed by atoms with E-state index in [0.29, 0.717) is 28.2 Å². The number of para-hydroxylation sites is 2. The molecule has 2 aromatic carbocycles. The highest BCUT2D eigenvalue weighted by Crippen LogP contribution is 2.30. The number of hydrogen-bond acceptors (Lipinski definition) is 8. The molecular formula is C22H23N5O3S. The minimum absolute atomic E-state index is 0.232. The molecule has 0 aliphatic carbocycles. The molecule has 0 saturated carbocycles. The molecule has 2 aromatic heterocycles. The fourth-order valence-electron chi connectivity index (χ4n) is 3.17. The van der Waals surface area contributed by atoms with Gasteiger partial charge >= 0.3 is 0 Å². The lowest BCUT2D eigenvalue weighted by Crippen LogP contribution is -2.16. The van der Waals surface area contributed by atoms with Crippen molar-refractivity contribution in [3.05, 3.63) is 71.2 Å². The Balaban J connectivity index is 1.40. The second kappa shape index (κ2) is 9.13. The first-order chi connectivity index (χ1) is 15.1. The molecule has 0 radical (unpaired) electrons. The summed E-state index contributed by atoms with van der Waals surface area (Å²) in [5.74, 6) is 9.49. The van der Waals surface area contributed by atoms with Crippen molar-refractivity contribution in [3.8, 4) is 22.8 Å². The number of nitrogens with zero attached hydrogens (tertiary/aromatic N) is 4. The third-order valence-electron chi connectivity index (χ3n) is 4.77. The van der Waals surface area contributed by atoms with E-state index >= 15 is 0 Å². The zero-order valence-corrected chi connectivity index (χ0v) is 18.3. The molecule has 2 N–H and O–H groups in total. The molecule has 0 atom stereocenters. The van der Waals surface area contributed by atoms with Gasteiger partial charge in [0.05, 0.1) is 12.9 Å². The number of aromatic nitrogens is 4. The normalized spacial score (nSPS) is 10.9. The fourth-order valence-corrected chi connectivity index (χ4v) is 3.92. The van der Waals surface area contributed by atoms with Crippen molar-refractivity contribution in [1.29, 1.82) is 0 Å². The number of thioether (sulfide) groups is 1. The Labute approximate surface area is 184 Å². The molecule has 160 valence electrons. The minimum atomic E-state index is 0.232. The fraction of sp³-hybridized carbons (Fsp3) is 0.227. The number of methoxy groups -OCH3 is 1. The van der Waals surface area contributed by atoms with E-state index in [-0.39, 0.29) is 6.61 Å². The van der Waals surface area contributed by atoms with E-state index in [9.17, 15) is 0 Å². The zero-order chi connectivity index (χ0) is 21.8. The molecule has 0 amide bonds. The summed E-state index contributed by atoms with van der Waals surface area (Å²) >= 11 is 1.41. The SMILES string of the molecule is COc1ccccc1-c1cc(CSc2nnc(COc3c(C)cccc3C)n2N)on1. The molecule has 2 heterocycles. The molecule has 9 heteroatoms. The Morgan fingerprint density at radius 2 is 1.84 bits per heavy atom. The summed E-state index contributed by atoms with van der Waals surface area (Å²) in [7, 11) is 1.63. The Morgan fingerprint density at radius 1 is 1.06 bits per heavy atom. The third-order valence-corrected chi connectivity index (χ3v) is 5.74. The van der Waals surface area contributed by atoms with Crippen LogP contribution in [0.3, 0.4) is 0 Å². The molecule has 0 aliphatic rings. The molecule has 0 unspecified atom stereocenters. The molecule has 0 fully saturated rings. The molecule has 0 aliphatic heterocycles. The maximum atomic E-state index is 6.17. The van der Waals surface area contributed by atoms with E-state index in [1.54, 1.807) is 7.11 Å². The summed E-state index contributed by atoms with van der Waals surface area (Å²) in [5.41, 5.74) is 3.71. The predicted octanol–water partition coefficient (Wildman–Crippen LogP) is 4.14. The molecule has 8 nitrogen and oxygen atoms in total. The number of nitrogens with two attached hydrogens (primary N) is 1. The Morgan fingerprint density at radius 3 is 2.61 bits per heavy atom. The van der Waals surface area contributed by atoms with Gasteiger partial charge in [0, 0.05) is 11.6 Å². The van der Waals surface area contributed by atoms with Crippen molar-refractivity contribution in [2.45, 2.75) is 31.4 Å². The van der Waals surface area contributed by atoms with Gasteiger partial charge in [-0.25, -0.2) is 4.68 Å². The topological polar surface area (TPSA) is 101 Å². The lowest BCUT2D eigenvalue weighted by molar-refractivity contribution is 0.288. The highest BCUT2D eigenvalue weighted by atomic mass is 32.2. The highest BCUT2D eigenvalue weighted by molar-refractivity contribution is 7.98. The van der Waals surface area contributed by atoms with Gasteiger partial charge in [0.25, 0.3) is 0 Å². The van der Waals surface area contributed by atoms with E-state index in [0.717, 1.165) is 28.2 Å². The number of benzene rings is 2. The van der Waals surface area contributed by atoms with Crippen molar-refractivity contribution >= 4 is 11.8 Å². The van der Waals surface area contributed by atoms with E-state index in [1.807, 2.05) is 62.4 Å². The monoisotopic (exact) mass is 437 g/mol. The number of aryl methyl sites for hydroxylation is 2. The number of hydrogen-bond donors (Lipinski definition) is 1. The number of ether oxygens (including phenoxy) is 2. The summed E-state index contributed by atoms with van der Waals surface area (Å²) in [6, 6.07) is 15.6. The molecule has 0 spiro atoms. The molecule has 4 aromatic rings. The number of rotatable bonds is 8. The maximum absolute atomic E-state index is 6.17. The van der Waals surface area contributed by atoms with E-state index in [1.165, 1.54) is 16.4 Å². The van der Waals surface area contributed by atoms with E-state index in [2.05, 4.69) is 15.4 Å². The van der Waals surface area contributed by atoms with Crippen LogP contribution < -0.4 is 15.3 Å². The zero-order valence-electron chi connectivity index (χ0n) is 17.5. The lowest BCUT2D eigenvalue weighted by Gasteiger charge is -2.11. The van der Waals surface area contributed by atoms with Gasteiger partial charge in [0.2, 0.25) is 5.16 Å². The van der Waals surface area contributed by atoms with Crippen LogP contribution in [0.1, 0.15) is 22.7 Å². The van der Waals surface area contributed by atoms with Crippen LogP contribution >= 0.6 is 11.8 Å². The Kier molecular flexibility index (Phi) is 6.13. The average molecular weight is 438 g/mol. The Hall–Kier alpha value is -3.46. The summed E-state index contributed by atoms with van der Waals surface area (Å²) in [4.78, 5) is 0.